The van der Waals surface area contributed by atoms with E-state index in [9.17, 15) is 4.39 Å². The Labute approximate surface area is 169 Å². The summed E-state index contributed by atoms with van der Waals surface area (Å²) in [5.41, 5.74) is 3.33. The van der Waals surface area contributed by atoms with Crippen LogP contribution in [0, 0.1) is 5.82 Å². The average Bonchev–Trinajstić information content (AvgIpc) is 3.06. The second-order valence-electron chi connectivity index (χ2n) is 7.17. The van der Waals surface area contributed by atoms with Gasteiger partial charge >= 0.3 is 0 Å². The van der Waals surface area contributed by atoms with E-state index in [1.165, 1.54) is 23.1 Å². The minimum atomic E-state index is -0.309. The molecule has 148 valence electrons. The first kappa shape index (κ1) is 19.4. The highest BCUT2D eigenvalue weighted by atomic mass is 35.5. The number of nitrogens with zero attached hydrogens (tertiary/aromatic N) is 2. The lowest BCUT2D eigenvalue weighted by Gasteiger charge is -2.26. The molecule has 0 amide bonds. The number of aromatic nitrogens is 1. The number of para-hydroxylation sites is 1. The number of hydrogen-bond acceptors (Lipinski definition) is 3. The zero-order valence-corrected chi connectivity index (χ0v) is 16.6. The fourth-order valence-electron chi connectivity index (χ4n) is 3.71. The van der Waals surface area contributed by atoms with Gasteiger partial charge in [-0.3, -0.25) is 4.90 Å². The van der Waals surface area contributed by atoms with Gasteiger partial charge in [-0.25, -0.2) is 4.39 Å². The van der Waals surface area contributed by atoms with Crippen LogP contribution >= 0.6 is 11.6 Å². The first-order chi connectivity index (χ1) is 13.7. The summed E-state index contributed by atoms with van der Waals surface area (Å²) in [5, 5.41) is 5.26. The lowest BCUT2D eigenvalue weighted by atomic mass is 10.2. The van der Waals surface area contributed by atoms with Gasteiger partial charge in [0.1, 0.15) is 5.82 Å². The molecule has 0 atom stereocenters. The zero-order chi connectivity index (χ0) is 19.3. The van der Waals surface area contributed by atoms with E-state index in [4.69, 9.17) is 16.3 Å². The van der Waals surface area contributed by atoms with Gasteiger partial charge in [-0.05, 0) is 29.3 Å². The van der Waals surface area contributed by atoms with Crippen molar-refractivity contribution >= 4 is 22.5 Å². The molecule has 3 aromatic rings. The lowest BCUT2D eigenvalue weighted by Crippen LogP contribution is -2.40. The second-order valence-corrected chi connectivity index (χ2v) is 7.57. The molecule has 4 nitrogen and oxygen atoms in total. The monoisotopic (exact) mass is 401 g/mol. The van der Waals surface area contributed by atoms with E-state index in [0.717, 1.165) is 57.0 Å². The SMILES string of the molecule is Fc1ccc(Cn2cc(CNCCN3CCOCC3)c3ccccc32)c(Cl)c1. The predicted molar refractivity (Wildman–Crippen MR) is 111 cm³/mol. The Morgan fingerprint density at radius 1 is 1.07 bits per heavy atom. The number of benzene rings is 2. The molecule has 1 fully saturated rings. The summed E-state index contributed by atoms with van der Waals surface area (Å²) in [6.45, 7) is 7.11. The van der Waals surface area contributed by atoms with E-state index in [-0.39, 0.29) is 5.82 Å². The summed E-state index contributed by atoms with van der Waals surface area (Å²) in [6, 6.07) is 13.0. The fourth-order valence-corrected chi connectivity index (χ4v) is 3.94. The summed E-state index contributed by atoms with van der Waals surface area (Å²) >= 11 is 6.23. The molecule has 2 aromatic carbocycles. The van der Waals surface area contributed by atoms with Crippen LogP contribution in [-0.4, -0.2) is 48.9 Å². The standard InChI is InChI=1S/C22H25ClFN3O/c23-21-13-19(24)6-5-17(21)15-27-16-18(20-3-1-2-4-22(20)27)14-25-7-8-26-9-11-28-12-10-26/h1-6,13,16,25H,7-12,14-15H2. The third-order valence-corrected chi connectivity index (χ3v) is 5.60. The topological polar surface area (TPSA) is 29.4 Å². The van der Waals surface area contributed by atoms with Crippen molar-refractivity contribution in [1.29, 1.82) is 0 Å². The van der Waals surface area contributed by atoms with Crippen molar-refractivity contribution < 1.29 is 9.13 Å². The molecule has 0 radical (unpaired) electrons. The summed E-state index contributed by atoms with van der Waals surface area (Å²) in [4.78, 5) is 2.43. The molecule has 1 saturated heterocycles. The Kier molecular flexibility index (Phi) is 6.27. The van der Waals surface area contributed by atoms with Crippen molar-refractivity contribution in [1.82, 2.24) is 14.8 Å². The number of morpholine rings is 1. The molecule has 0 bridgehead atoms. The van der Waals surface area contributed by atoms with Gasteiger partial charge < -0.3 is 14.6 Å². The molecule has 0 aliphatic carbocycles. The lowest BCUT2D eigenvalue weighted by molar-refractivity contribution is 0.0384. The number of halogens is 2. The molecule has 6 heteroatoms. The molecule has 1 aliphatic rings. The van der Waals surface area contributed by atoms with Crippen molar-refractivity contribution in [2.45, 2.75) is 13.1 Å². The van der Waals surface area contributed by atoms with Gasteiger partial charge in [0.05, 0.1) is 13.2 Å². The fraction of sp³-hybridized carbons (Fsp3) is 0.364. The molecule has 4 rings (SSSR count). The van der Waals surface area contributed by atoms with Gasteiger partial charge in [-0.1, -0.05) is 35.9 Å². The maximum absolute atomic E-state index is 13.3. The molecular weight excluding hydrogens is 377 g/mol. The van der Waals surface area contributed by atoms with Crippen molar-refractivity contribution in [3.8, 4) is 0 Å². The van der Waals surface area contributed by atoms with Crippen LogP contribution in [0.4, 0.5) is 4.39 Å². The minimum Gasteiger partial charge on any atom is -0.379 e. The molecule has 0 spiro atoms. The van der Waals surface area contributed by atoms with E-state index in [1.807, 2.05) is 6.07 Å². The van der Waals surface area contributed by atoms with E-state index in [0.29, 0.717) is 11.6 Å². The van der Waals surface area contributed by atoms with Crippen LogP contribution in [0.2, 0.25) is 5.02 Å². The summed E-state index contributed by atoms with van der Waals surface area (Å²) in [5.74, 6) is -0.309. The highest BCUT2D eigenvalue weighted by Crippen LogP contribution is 2.25. The number of fused-ring (bicyclic) bond motifs is 1. The van der Waals surface area contributed by atoms with Gasteiger partial charge in [0.25, 0.3) is 0 Å². The predicted octanol–water partition coefficient (Wildman–Crippen LogP) is 3.90. The van der Waals surface area contributed by atoms with Gasteiger partial charge in [0.15, 0.2) is 0 Å². The number of nitrogens with one attached hydrogen (secondary N) is 1. The van der Waals surface area contributed by atoms with Crippen LogP contribution in [0.1, 0.15) is 11.1 Å². The highest BCUT2D eigenvalue weighted by molar-refractivity contribution is 6.31. The summed E-state index contributed by atoms with van der Waals surface area (Å²) in [6.07, 6.45) is 2.17. The third-order valence-electron chi connectivity index (χ3n) is 5.25. The van der Waals surface area contributed by atoms with Crippen LogP contribution in [0.15, 0.2) is 48.7 Å². The van der Waals surface area contributed by atoms with Crippen LogP contribution in [0.25, 0.3) is 10.9 Å². The van der Waals surface area contributed by atoms with Gasteiger partial charge in [0.2, 0.25) is 0 Å². The van der Waals surface area contributed by atoms with Crippen LogP contribution < -0.4 is 5.32 Å². The second kappa shape index (κ2) is 9.05. The molecule has 1 aliphatic heterocycles. The van der Waals surface area contributed by atoms with E-state index in [1.54, 1.807) is 6.07 Å². The van der Waals surface area contributed by atoms with E-state index in [2.05, 4.69) is 39.2 Å². The van der Waals surface area contributed by atoms with Gasteiger partial charge in [0, 0.05) is 61.4 Å². The largest absolute Gasteiger partial charge is 0.379 e. The Bertz CT molecular complexity index is 937. The van der Waals surface area contributed by atoms with Crippen LogP contribution in [0.3, 0.4) is 0 Å². The smallest absolute Gasteiger partial charge is 0.124 e. The molecule has 0 unspecified atom stereocenters. The van der Waals surface area contributed by atoms with Crippen LogP contribution in [0.5, 0.6) is 0 Å². The first-order valence-corrected chi connectivity index (χ1v) is 10.1. The Hall–Kier alpha value is -1.92. The van der Waals surface area contributed by atoms with E-state index >= 15 is 0 Å². The first-order valence-electron chi connectivity index (χ1n) is 9.72. The van der Waals surface area contributed by atoms with Gasteiger partial charge in [-0.2, -0.15) is 0 Å². The summed E-state index contributed by atoms with van der Waals surface area (Å²) < 4.78 is 20.9. The maximum Gasteiger partial charge on any atom is 0.124 e. The molecule has 2 heterocycles. The minimum absolute atomic E-state index is 0.309. The Morgan fingerprint density at radius 3 is 2.71 bits per heavy atom. The molecule has 1 N–H and O–H groups in total. The van der Waals surface area contributed by atoms with Crippen molar-refractivity contribution in [3.05, 3.63) is 70.6 Å². The highest BCUT2D eigenvalue weighted by Gasteiger charge is 2.12. The van der Waals surface area contributed by atoms with Crippen molar-refractivity contribution in [2.24, 2.45) is 0 Å². The Balaban J connectivity index is 1.45. The molecule has 28 heavy (non-hydrogen) atoms. The number of hydrogen-bond donors (Lipinski definition) is 1. The van der Waals surface area contributed by atoms with Crippen molar-refractivity contribution in [3.63, 3.8) is 0 Å². The van der Waals surface area contributed by atoms with Crippen molar-refractivity contribution in [2.75, 3.05) is 39.4 Å². The summed E-state index contributed by atoms with van der Waals surface area (Å²) in [7, 11) is 0. The van der Waals surface area contributed by atoms with Gasteiger partial charge in [-0.15, -0.1) is 0 Å². The maximum atomic E-state index is 13.3. The number of ether oxygens (including phenoxy) is 1. The Morgan fingerprint density at radius 2 is 1.89 bits per heavy atom. The number of rotatable bonds is 7. The molecule has 1 aromatic heterocycles. The molecule has 0 saturated carbocycles. The van der Waals surface area contributed by atoms with E-state index < -0.39 is 0 Å². The zero-order valence-electron chi connectivity index (χ0n) is 15.8. The van der Waals surface area contributed by atoms with Crippen LogP contribution in [-0.2, 0) is 17.8 Å². The normalized spacial score (nSPS) is 15.4. The molecular formula is C22H25ClFN3O. The quantitative estimate of drug-likeness (QED) is 0.609. The third kappa shape index (κ3) is 4.55. The average molecular weight is 402 g/mol.